The van der Waals surface area contributed by atoms with Crippen molar-refractivity contribution in [1.82, 2.24) is 0 Å². The van der Waals surface area contributed by atoms with Crippen molar-refractivity contribution in [3.8, 4) is 0 Å². The third kappa shape index (κ3) is 9.54. The predicted molar refractivity (Wildman–Crippen MR) is 98.7 cm³/mol. The zero-order valence-corrected chi connectivity index (χ0v) is 15.2. The normalized spacial score (nSPS) is 8.81. The Morgan fingerprint density at radius 2 is 1.07 bits per heavy atom. The summed E-state index contributed by atoms with van der Waals surface area (Å²) in [5.41, 5.74) is 3.11. The van der Waals surface area contributed by atoms with Crippen LogP contribution in [-0.4, -0.2) is 43.5 Å². The van der Waals surface area contributed by atoms with Crippen LogP contribution in [0.15, 0.2) is 48.5 Å². The second-order valence-corrected chi connectivity index (χ2v) is 5.11. The number of carbonyl (C=O) groups excluding carboxylic acids is 3. The third-order valence-electron chi connectivity index (χ3n) is 3.12. The minimum atomic E-state index is -0.425. The van der Waals surface area contributed by atoms with Crippen LogP contribution in [0.2, 0.25) is 0 Å². The van der Waals surface area contributed by atoms with Gasteiger partial charge in [0.1, 0.15) is 20.0 Å². The highest BCUT2D eigenvalue weighted by Gasteiger charge is 2.09. The van der Waals surface area contributed by atoms with Crippen LogP contribution in [0, 0.1) is 13.8 Å². The van der Waals surface area contributed by atoms with Gasteiger partial charge < -0.3 is 19.4 Å². The SMILES string of the molecule is C=O.Cc1ccc(C(=O)OCCOC(=O)c2ccc(C)cc2)cc1.O=CO. The van der Waals surface area contributed by atoms with E-state index >= 15 is 0 Å². The highest BCUT2D eigenvalue weighted by Crippen LogP contribution is 2.06. The molecule has 144 valence electrons. The largest absolute Gasteiger partial charge is 0.483 e. The van der Waals surface area contributed by atoms with Crippen LogP contribution in [0.25, 0.3) is 0 Å². The summed E-state index contributed by atoms with van der Waals surface area (Å²) in [6.07, 6.45) is 0. The van der Waals surface area contributed by atoms with Crippen LogP contribution in [0.4, 0.5) is 0 Å². The number of ether oxygens (including phenoxy) is 2. The summed E-state index contributed by atoms with van der Waals surface area (Å²) in [5, 5.41) is 6.89. The topological polar surface area (TPSA) is 107 Å². The first-order valence-electron chi connectivity index (χ1n) is 7.82. The molecular weight excluding hydrogens is 352 g/mol. The molecule has 7 nitrogen and oxygen atoms in total. The van der Waals surface area contributed by atoms with Gasteiger partial charge in [-0.25, -0.2) is 9.59 Å². The molecule has 0 fully saturated rings. The van der Waals surface area contributed by atoms with E-state index in [1.54, 1.807) is 24.3 Å². The van der Waals surface area contributed by atoms with Gasteiger partial charge in [-0.3, -0.25) is 4.79 Å². The first-order valence-corrected chi connectivity index (χ1v) is 7.82. The molecule has 0 radical (unpaired) electrons. The number of esters is 2. The number of rotatable bonds is 5. The van der Waals surface area contributed by atoms with Gasteiger partial charge in [0, 0.05) is 0 Å². The Bertz CT molecular complexity index is 647. The molecule has 7 heteroatoms. The van der Waals surface area contributed by atoms with Gasteiger partial charge in [0.15, 0.2) is 0 Å². The lowest BCUT2D eigenvalue weighted by Gasteiger charge is -2.07. The molecule has 0 aliphatic heterocycles. The Hall–Kier alpha value is -3.48. The summed E-state index contributed by atoms with van der Waals surface area (Å²) in [7, 11) is 0. The number of carbonyl (C=O) groups is 4. The molecule has 0 unspecified atom stereocenters. The standard InChI is InChI=1S/C18H18O4.CH2O2.CH2O/c1-13-3-7-15(8-4-13)17(19)21-11-12-22-18(20)16-9-5-14(2)6-10-16;2-1-3;1-2/h3-10H,11-12H2,1-2H3;1H,(H,2,3);1H2. The van der Waals surface area contributed by atoms with Crippen LogP contribution in [0.5, 0.6) is 0 Å². The van der Waals surface area contributed by atoms with Crippen LogP contribution in [0.1, 0.15) is 31.8 Å². The van der Waals surface area contributed by atoms with Crippen molar-refractivity contribution in [2.24, 2.45) is 0 Å². The summed E-state index contributed by atoms with van der Waals surface area (Å²) in [6, 6.07) is 14.2. The third-order valence-corrected chi connectivity index (χ3v) is 3.12. The van der Waals surface area contributed by atoms with E-state index < -0.39 is 11.9 Å². The molecule has 0 saturated carbocycles. The van der Waals surface area contributed by atoms with E-state index in [-0.39, 0.29) is 19.7 Å². The Morgan fingerprint density at radius 3 is 1.33 bits per heavy atom. The molecule has 0 amide bonds. The average molecular weight is 374 g/mol. The smallest absolute Gasteiger partial charge is 0.338 e. The van der Waals surface area contributed by atoms with Crippen LogP contribution in [0.3, 0.4) is 0 Å². The predicted octanol–water partition coefficient (Wildman–Crippen LogP) is 2.83. The Labute approximate surface area is 157 Å². The average Bonchev–Trinajstić information content (AvgIpc) is 2.68. The van der Waals surface area contributed by atoms with Crippen molar-refractivity contribution in [3.63, 3.8) is 0 Å². The maximum atomic E-state index is 11.7. The summed E-state index contributed by atoms with van der Waals surface area (Å²) in [4.78, 5) is 39.9. The van der Waals surface area contributed by atoms with E-state index in [4.69, 9.17) is 24.2 Å². The van der Waals surface area contributed by atoms with Crippen molar-refractivity contribution in [1.29, 1.82) is 0 Å². The maximum absolute atomic E-state index is 11.7. The highest BCUT2D eigenvalue weighted by molar-refractivity contribution is 5.90. The fraction of sp³-hybridized carbons (Fsp3) is 0.200. The molecule has 0 aliphatic carbocycles. The first-order chi connectivity index (χ1) is 13.0. The van der Waals surface area contributed by atoms with Gasteiger partial charge in [0.25, 0.3) is 6.47 Å². The van der Waals surface area contributed by atoms with Crippen molar-refractivity contribution >= 4 is 25.2 Å². The minimum Gasteiger partial charge on any atom is -0.483 e. The van der Waals surface area contributed by atoms with Gasteiger partial charge >= 0.3 is 11.9 Å². The van der Waals surface area contributed by atoms with Crippen molar-refractivity contribution in [2.45, 2.75) is 13.8 Å². The number of aryl methyl sites for hydroxylation is 2. The quantitative estimate of drug-likeness (QED) is 0.487. The molecule has 1 N–H and O–H groups in total. The molecule has 0 aromatic heterocycles. The molecule has 2 rings (SSSR count). The maximum Gasteiger partial charge on any atom is 0.338 e. The lowest BCUT2D eigenvalue weighted by atomic mass is 10.1. The van der Waals surface area contributed by atoms with Gasteiger partial charge in [0.05, 0.1) is 11.1 Å². The van der Waals surface area contributed by atoms with Crippen molar-refractivity contribution in [2.75, 3.05) is 13.2 Å². The van der Waals surface area contributed by atoms with Gasteiger partial charge in [-0.05, 0) is 38.1 Å². The Morgan fingerprint density at radius 1 is 0.815 bits per heavy atom. The summed E-state index contributed by atoms with van der Waals surface area (Å²) < 4.78 is 10.1. The van der Waals surface area contributed by atoms with Crippen molar-refractivity contribution in [3.05, 3.63) is 70.8 Å². The second-order valence-electron chi connectivity index (χ2n) is 5.11. The van der Waals surface area contributed by atoms with Crippen LogP contribution in [-0.2, 0) is 19.1 Å². The number of hydrogen-bond acceptors (Lipinski definition) is 6. The van der Waals surface area contributed by atoms with E-state index in [1.165, 1.54) is 0 Å². The fourth-order valence-corrected chi connectivity index (χ4v) is 1.81. The molecule has 0 spiro atoms. The van der Waals surface area contributed by atoms with E-state index in [2.05, 4.69) is 0 Å². The van der Waals surface area contributed by atoms with E-state index in [9.17, 15) is 9.59 Å². The van der Waals surface area contributed by atoms with Crippen LogP contribution >= 0.6 is 0 Å². The molecule has 0 saturated heterocycles. The number of carboxylic acid groups (broad SMARTS) is 1. The molecule has 0 bridgehead atoms. The lowest BCUT2D eigenvalue weighted by molar-refractivity contribution is -0.122. The molecule has 0 atom stereocenters. The molecule has 0 heterocycles. The zero-order chi connectivity index (χ0) is 20.7. The molecular formula is C20H22O7. The molecule has 27 heavy (non-hydrogen) atoms. The van der Waals surface area contributed by atoms with Crippen LogP contribution < -0.4 is 0 Å². The minimum absolute atomic E-state index is 0.0321. The van der Waals surface area contributed by atoms with Crippen molar-refractivity contribution < 1.29 is 33.8 Å². The first kappa shape index (κ1) is 23.5. The zero-order valence-electron chi connectivity index (χ0n) is 15.2. The highest BCUT2D eigenvalue weighted by atomic mass is 16.6. The summed E-state index contributed by atoms with van der Waals surface area (Å²) in [6.45, 7) is 5.70. The number of benzene rings is 2. The Kier molecular flexibility index (Phi) is 12.0. The number of hydrogen-bond donors (Lipinski definition) is 1. The van der Waals surface area contributed by atoms with E-state index in [0.717, 1.165) is 11.1 Å². The fourth-order valence-electron chi connectivity index (χ4n) is 1.81. The monoisotopic (exact) mass is 374 g/mol. The van der Waals surface area contributed by atoms with E-state index in [1.807, 2.05) is 44.9 Å². The van der Waals surface area contributed by atoms with Gasteiger partial charge in [0.2, 0.25) is 0 Å². The Balaban J connectivity index is 0.00000123. The lowest BCUT2D eigenvalue weighted by Crippen LogP contribution is -2.14. The second kappa shape index (κ2) is 13.8. The van der Waals surface area contributed by atoms with E-state index in [0.29, 0.717) is 11.1 Å². The molecule has 0 aliphatic rings. The van der Waals surface area contributed by atoms with Gasteiger partial charge in [-0.1, -0.05) is 35.4 Å². The van der Waals surface area contributed by atoms with Gasteiger partial charge in [-0.15, -0.1) is 0 Å². The summed E-state index contributed by atoms with van der Waals surface area (Å²) >= 11 is 0. The summed E-state index contributed by atoms with van der Waals surface area (Å²) in [5.74, 6) is -0.849. The molecule has 2 aromatic carbocycles. The molecule has 2 aromatic rings. The van der Waals surface area contributed by atoms with Gasteiger partial charge in [-0.2, -0.15) is 0 Å².